The third-order valence-corrected chi connectivity index (χ3v) is 4.74. The first-order valence-corrected chi connectivity index (χ1v) is 9.19. The van der Waals surface area contributed by atoms with Crippen LogP contribution in [0.15, 0.2) is 59.0 Å². The topological polar surface area (TPSA) is 95.0 Å². The maximum absolute atomic E-state index is 12.8. The molecular weight excluding hydrogens is 354 g/mol. The Morgan fingerprint density at radius 1 is 1.07 bits per heavy atom. The van der Waals surface area contributed by atoms with Crippen LogP contribution in [0.1, 0.15) is 46.3 Å². The largest absolute Gasteiger partial charge is 0.405 e. The van der Waals surface area contributed by atoms with Crippen LogP contribution in [0.3, 0.4) is 0 Å². The number of nitrogens with one attached hydrogen (secondary N) is 1. The molecule has 2 heterocycles. The van der Waals surface area contributed by atoms with E-state index in [1.807, 2.05) is 36.4 Å². The molecule has 0 bridgehead atoms. The van der Waals surface area contributed by atoms with E-state index in [-0.39, 0.29) is 5.91 Å². The molecule has 0 unspecified atom stereocenters. The number of hydrogen-bond acceptors (Lipinski definition) is 6. The number of carbonyl (C=O) groups is 1. The van der Waals surface area contributed by atoms with Crippen LogP contribution < -0.4 is 10.2 Å². The third-order valence-electron chi connectivity index (χ3n) is 4.74. The van der Waals surface area contributed by atoms with E-state index in [1.54, 1.807) is 24.3 Å². The molecule has 7 heteroatoms. The Morgan fingerprint density at radius 3 is 2.46 bits per heavy atom. The van der Waals surface area contributed by atoms with Gasteiger partial charge in [0.2, 0.25) is 5.89 Å². The molecule has 2 aromatic carbocycles. The Hall–Kier alpha value is -3.66. The molecule has 1 amide bonds. The van der Waals surface area contributed by atoms with Gasteiger partial charge in [-0.3, -0.25) is 4.79 Å². The summed E-state index contributed by atoms with van der Waals surface area (Å²) in [5, 5.41) is 20.3. The zero-order valence-electron chi connectivity index (χ0n) is 15.2. The summed E-state index contributed by atoms with van der Waals surface area (Å²) in [7, 11) is 0. The maximum atomic E-state index is 12.8. The van der Waals surface area contributed by atoms with Gasteiger partial charge in [0, 0.05) is 18.7 Å². The fourth-order valence-electron chi connectivity index (χ4n) is 3.22. The summed E-state index contributed by atoms with van der Waals surface area (Å²) >= 11 is 0. The van der Waals surface area contributed by atoms with E-state index in [0.717, 1.165) is 31.5 Å². The summed E-state index contributed by atoms with van der Waals surface area (Å²) in [4.78, 5) is 14.8. The van der Waals surface area contributed by atoms with E-state index in [9.17, 15) is 4.79 Å². The van der Waals surface area contributed by atoms with Gasteiger partial charge in [-0.2, -0.15) is 5.26 Å². The van der Waals surface area contributed by atoms with Crippen molar-refractivity contribution in [2.45, 2.75) is 18.9 Å². The van der Waals surface area contributed by atoms with Crippen LogP contribution in [0.4, 0.5) is 6.01 Å². The average Bonchev–Trinajstić information content (AvgIpc) is 3.44. The van der Waals surface area contributed by atoms with E-state index < -0.39 is 6.04 Å². The number of nitrogens with zero attached hydrogens (tertiary/aromatic N) is 4. The third kappa shape index (κ3) is 3.71. The lowest BCUT2D eigenvalue weighted by Crippen LogP contribution is -2.29. The molecule has 0 spiro atoms. The second-order valence-corrected chi connectivity index (χ2v) is 6.62. The van der Waals surface area contributed by atoms with Crippen LogP contribution in [0, 0.1) is 11.3 Å². The molecule has 28 heavy (non-hydrogen) atoms. The number of nitriles is 1. The molecule has 0 aliphatic carbocycles. The van der Waals surface area contributed by atoms with E-state index in [1.165, 1.54) is 0 Å². The van der Waals surface area contributed by atoms with Crippen molar-refractivity contribution < 1.29 is 9.21 Å². The molecule has 1 aliphatic heterocycles. The lowest BCUT2D eigenvalue weighted by atomic mass is 10.1. The zero-order valence-corrected chi connectivity index (χ0v) is 15.2. The quantitative estimate of drug-likeness (QED) is 0.738. The molecular formula is C21H19N5O2. The summed E-state index contributed by atoms with van der Waals surface area (Å²) in [6.45, 7) is 1.80. The minimum atomic E-state index is -0.562. The number of rotatable bonds is 5. The van der Waals surface area contributed by atoms with E-state index in [0.29, 0.717) is 23.0 Å². The lowest BCUT2D eigenvalue weighted by molar-refractivity contribution is 0.0938. The van der Waals surface area contributed by atoms with Gasteiger partial charge in [0.1, 0.15) is 6.04 Å². The van der Waals surface area contributed by atoms with E-state index in [4.69, 9.17) is 9.68 Å². The van der Waals surface area contributed by atoms with E-state index in [2.05, 4.69) is 20.4 Å². The molecule has 3 aromatic rings. The highest BCUT2D eigenvalue weighted by Gasteiger charge is 2.26. The van der Waals surface area contributed by atoms with Crippen molar-refractivity contribution in [3.63, 3.8) is 0 Å². The van der Waals surface area contributed by atoms with Gasteiger partial charge in [-0.15, -0.1) is 5.10 Å². The Bertz CT molecular complexity index is 986. The van der Waals surface area contributed by atoms with Gasteiger partial charge in [0.05, 0.1) is 11.6 Å². The molecule has 1 fully saturated rings. The number of aromatic nitrogens is 2. The fraction of sp³-hybridized carbons (Fsp3) is 0.238. The van der Waals surface area contributed by atoms with Crippen molar-refractivity contribution in [1.29, 1.82) is 5.26 Å². The van der Waals surface area contributed by atoms with Gasteiger partial charge in [0.15, 0.2) is 0 Å². The summed E-state index contributed by atoms with van der Waals surface area (Å²) in [6.07, 6.45) is 2.21. The lowest BCUT2D eigenvalue weighted by Gasteiger charge is -2.16. The summed E-state index contributed by atoms with van der Waals surface area (Å²) in [5.74, 6) is 0.0642. The molecule has 7 nitrogen and oxygen atoms in total. The van der Waals surface area contributed by atoms with Crippen LogP contribution in [0.5, 0.6) is 0 Å². The number of amides is 1. The fourth-order valence-corrected chi connectivity index (χ4v) is 3.22. The molecule has 1 atom stereocenters. The highest BCUT2D eigenvalue weighted by molar-refractivity contribution is 5.94. The number of carbonyl (C=O) groups excluding carboxylic acids is 1. The Kier molecular flexibility index (Phi) is 5.02. The van der Waals surface area contributed by atoms with Gasteiger partial charge in [-0.25, -0.2) is 0 Å². The first kappa shape index (κ1) is 17.7. The van der Waals surface area contributed by atoms with Crippen molar-refractivity contribution in [3.8, 4) is 6.07 Å². The van der Waals surface area contributed by atoms with Gasteiger partial charge in [-0.05, 0) is 42.7 Å². The minimum absolute atomic E-state index is 0.278. The predicted octanol–water partition coefficient (Wildman–Crippen LogP) is 3.06. The molecule has 140 valence electrons. The minimum Gasteiger partial charge on any atom is -0.405 e. The van der Waals surface area contributed by atoms with Crippen molar-refractivity contribution in [2.75, 3.05) is 18.0 Å². The van der Waals surface area contributed by atoms with Crippen LogP contribution in [-0.4, -0.2) is 29.2 Å². The van der Waals surface area contributed by atoms with Gasteiger partial charge in [0.25, 0.3) is 5.91 Å². The van der Waals surface area contributed by atoms with E-state index >= 15 is 0 Å². The van der Waals surface area contributed by atoms with Crippen LogP contribution >= 0.6 is 0 Å². The highest BCUT2D eigenvalue weighted by Crippen LogP contribution is 2.25. The zero-order chi connectivity index (χ0) is 19.3. The molecule has 1 aromatic heterocycles. The Labute approximate surface area is 162 Å². The first-order valence-electron chi connectivity index (χ1n) is 9.19. The monoisotopic (exact) mass is 373 g/mol. The van der Waals surface area contributed by atoms with Crippen LogP contribution in [0.2, 0.25) is 0 Å². The number of benzene rings is 2. The highest BCUT2D eigenvalue weighted by atomic mass is 16.4. The molecule has 1 N–H and O–H groups in total. The molecule has 1 saturated heterocycles. The summed E-state index contributed by atoms with van der Waals surface area (Å²) in [5.41, 5.74) is 1.81. The summed E-state index contributed by atoms with van der Waals surface area (Å²) < 4.78 is 5.90. The summed E-state index contributed by atoms with van der Waals surface area (Å²) in [6, 6.07) is 18.0. The molecule has 0 saturated carbocycles. The van der Waals surface area contributed by atoms with Gasteiger partial charge < -0.3 is 14.6 Å². The second-order valence-electron chi connectivity index (χ2n) is 6.62. The molecule has 1 aliphatic rings. The Morgan fingerprint density at radius 2 is 1.79 bits per heavy atom. The van der Waals surface area contributed by atoms with Crippen molar-refractivity contribution in [2.24, 2.45) is 0 Å². The molecule has 4 rings (SSSR count). The smallest absolute Gasteiger partial charge is 0.318 e. The number of anilines is 1. The standard InChI is InChI=1S/C21H19N5O2/c22-14-15-8-10-17(11-9-15)19(27)23-18(16-6-2-1-3-7-16)20-24-25-21(28-20)26-12-4-5-13-26/h1-3,6-11,18H,4-5,12-13H2,(H,23,27)/t18-/m1/s1. The van der Waals surface area contributed by atoms with Gasteiger partial charge in [-0.1, -0.05) is 35.4 Å². The average molecular weight is 373 g/mol. The number of hydrogen-bond donors (Lipinski definition) is 1. The van der Waals surface area contributed by atoms with Crippen molar-refractivity contribution in [3.05, 3.63) is 77.2 Å². The van der Waals surface area contributed by atoms with Crippen LogP contribution in [0.25, 0.3) is 0 Å². The maximum Gasteiger partial charge on any atom is 0.318 e. The van der Waals surface area contributed by atoms with Crippen molar-refractivity contribution >= 4 is 11.9 Å². The van der Waals surface area contributed by atoms with Gasteiger partial charge >= 0.3 is 6.01 Å². The Balaban J connectivity index is 1.60. The SMILES string of the molecule is N#Cc1ccc(C(=O)N[C@H](c2ccccc2)c2nnc(N3CCCC3)o2)cc1. The normalized spacial score (nSPS) is 14.5. The predicted molar refractivity (Wildman–Crippen MR) is 103 cm³/mol. The molecule has 0 radical (unpaired) electrons. The van der Waals surface area contributed by atoms with Crippen molar-refractivity contribution in [1.82, 2.24) is 15.5 Å². The second kappa shape index (κ2) is 7.92. The van der Waals surface area contributed by atoms with Crippen LogP contribution in [-0.2, 0) is 0 Å². The first-order chi connectivity index (χ1) is 13.7.